The van der Waals surface area contributed by atoms with Crippen molar-refractivity contribution in [1.82, 2.24) is 10.2 Å². The van der Waals surface area contributed by atoms with Gasteiger partial charge in [-0.15, -0.1) is 0 Å². The van der Waals surface area contributed by atoms with Crippen LogP contribution in [0.15, 0.2) is 0 Å². The molecule has 0 aromatic carbocycles. The third kappa shape index (κ3) is 5.26. The van der Waals surface area contributed by atoms with Crippen molar-refractivity contribution in [1.29, 1.82) is 0 Å². The lowest BCUT2D eigenvalue weighted by molar-refractivity contribution is -0.148. The molecule has 21 heavy (non-hydrogen) atoms. The largest absolute Gasteiger partial charge is 0.468 e. The smallest absolute Gasteiger partial charge is 0.325 e. The van der Waals surface area contributed by atoms with Gasteiger partial charge in [0.05, 0.1) is 7.11 Å². The van der Waals surface area contributed by atoms with Crippen LogP contribution >= 0.6 is 0 Å². The maximum atomic E-state index is 12.1. The zero-order chi connectivity index (χ0) is 15.3. The first-order valence-electron chi connectivity index (χ1n) is 8.69. The van der Waals surface area contributed by atoms with E-state index in [1.54, 1.807) is 0 Å². The molecule has 1 N–H and O–H groups in total. The molecule has 2 fully saturated rings. The molecule has 0 aliphatic heterocycles. The normalized spacial score (nSPS) is 21.3. The summed E-state index contributed by atoms with van der Waals surface area (Å²) in [6.45, 7) is 6.66. The van der Waals surface area contributed by atoms with E-state index in [1.165, 1.54) is 58.7 Å². The summed E-state index contributed by atoms with van der Waals surface area (Å²) in [5, 5.41) is 3.48. The van der Waals surface area contributed by atoms with Gasteiger partial charge in [0.15, 0.2) is 0 Å². The van der Waals surface area contributed by atoms with E-state index in [2.05, 4.69) is 17.1 Å². The lowest BCUT2D eigenvalue weighted by Crippen LogP contribution is -2.51. The average Bonchev–Trinajstić information content (AvgIpc) is 3.34. The number of nitrogens with zero attached hydrogens (tertiary/aromatic N) is 1. The van der Waals surface area contributed by atoms with Gasteiger partial charge in [0.2, 0.25) is 0 Å². The third-order valence-electron chi connectivity index (χ3n) is 4.68. The van der Waals surface area contributed by atoms with Gasteiger partial charge in [-0.2, -0.15) is 0 Å². The van der Waals surface area contributed by atoms with Crippen LogP contribution in [0, 0.1) is 0 Å². The molecule has 2 aliphatic carbocycles. The summed E-state index contributed by atoms with van der Waals surface area (Å²) in [6, 6.07) is 1.37. The molecule has 0 aromatic rings. The molecule has 1 unspecified atom stereocenters. The molecule has 0 heterocycles. The van der Waals surface area contributed by atoms with E-state index >= 15 is 0 Å². The first-order chi connectivity index (χ1) is 10.1. The number of carbonyl (C=O) groups excluding carboxylic acids is 1. The highest BCUT2D eigenvalue weighted by Crippen LogP contribution is 2.28. The summed E-state index contributed by atoms with van der Waals surface area (Å²) in [4.78, 5) is 14.7. The van der Waals surface area contributed by atoms with Crippen molar-refractivity contribution in [2.45, 2.75) is 82.8 Å². The molecule has 122 valence electrons. The van der Waals surface area contributed by atoms with Crippen molar-refractivity contribution in [3.05, 3.63) is 0 Å². The Balaban J connectivity index is 1.71. The van der Waals surface area contributed by atoms with Crippen molar-refractivity contribution in [2.75, 3.05) is 20.2 Å². The van der Waals surface area contributed by atoms with Crippen molar-refractivity contribution in [3.8, 4) is 0 Å². The van der Waals surface area contributed by atoms with Crippen molar-refractivity contribution in [2.24, 2.45) is 0 Å². The van der Waals surface area contributed by atoms with Gasteiger partial charge >= 0.3 is 5.97 Å². The van der Waals surface area contributed by atoms with E-state index in [-0.39, 0.29) is 5.97 Å². The molecule has 2 aliphatic rings. The lowest BCUT2D eigenvalue weighted by Gasteiger charge is -2.29. The molecule has 0 spiro atoms. The number of hydrogen-bond acceptors (Lipinski definition) is 4. The van der Waals surface area contributed by atoms with Crippen LogP contribution < -0.4 is 5.32 Å². The highest BCUT2D eigenvalue weighted by atomic mass is 16.5. The van der Waals surface area contributed by atoms with Crippen LogP contribution in [-0.4, -0.2) is 48.7 Å². The fourth-order valence-corrected chi connectivity index (χ4v) is 3.13. The van der Waals surface area contributed by atoms with Crippen LogP contribution in [0.2, 0.25) is 0 Å². The molecule has 0 bridgehead atoms. The topological polar surface area (TPSA) is 41.6 Å². The molecular formula is C17H32N2O2. The Hall–Kier alpha value is -0.610. The molecule has 4 nitrogen and oxygen atoms in total. The van der Waals surface area contributed by atoms with Crippen LogP contribution in [0.3, 0.4) is 0 Å². The number of hydrogen-bond donors (Lipinski definition) is 1. The first-order valence-corrected chi connectivity index (χ1v) is 8.69. The highest BCUT2D eigenvalue weighted by Gasteiger charge is 2.38. The monoisotopic (exact) mass is 296 g/mol. The van der Waals surface area contributed by atoms with Gasteiger partial charge in [-0.3, -0.25) is 10.1 Å². The summed E-state index contributed by atoms with van der Waals surface area (Å²) in [7, 11) is 1.49. The second-order valence-corrected chi connectivity index (χ2v) is 6.97. The Morgan fingerprint density at radius 3 is 2.48 bits per heavy atom. The Morgan fingerprint density at radius 1 is 1.24 bits per heavy atom. The molecule has 0 aromatic heterocycles. The maximum Gasteiger partial charge on any atom is 0.325 e. The minimum atomic E-state index is -0.495. The molecule has 2 rings (SSSR count). The second-order valence-electron chi connectivity index (χ2n) is 6.97. The van der Waals surface area contributed by atoms with E-state index < -0.39 is 5.54 Å². The second kappa shape index (κ2) is 7.59. The number of methoxy groups -OCH3 is 1. The van der Waals surface area contributed by atoms with E-state index in [9.17, 15) is 4.79 Å². The van der Waals surface area contributed by atoms with Gasteiger partial charge in [0.1, 0.15) is 5.54 Å². The minimum Gasteiger partial charge on any atom is -0.468 e. The maximum absolute atomic E-state index is 12.1. The number of esters is 1. The molecule has 0 amide bonds. The molecule has 2 saturated carbocycles. The number of unbranched alkanes of at least 4 members (excludes halogenated alkanes) is 1. The fourth-order valence-electron chi connectivity index (χ4n) is 3.13. The molecule has 0 radical (unpaired) electrons. The number of nitrogens with one attached hydrogen (secondary N) is 1. The van der Waals surface area contributed by atoms with Gasteiger partial charge < -0.3 is 9.64 Å². The van der Waals surface area contributed by atoms with Crippen LogP contribution in [0.5, 0.6) is 0 Å². The van der Waals surface area contributed by atoms with Gasteiger partial charge in [-0.25, -0.2) is 0 Å². The predicted octanol–water partition coefficient (Wildman–Crippen LogP) is 2.71. The van der Waals surface area contributed by atoms with Gasteiger partial charge in [0.25, 0.3) is 0 Å². The Morgan fingerprint density at radius 2 is 1.95 bits per heavy atom. The summed E-state index contributed by atoms with van der Waals surface area (Å²) in [5.74, 6) is -0.109. The van der Waals surface area contributed by atoms with Crippen LogP contribution in [-0.2, 0) is 9.53 Å². The zero-order valence-corrected chi connectivity index (χ0v) is 14.0. The predicted molar refractivity (Wildman–Crippen MR) is 85.3 cm³/mol. The van der Waals surface area contributed by atoms with Crippen LogP contribution in [0.4, 0.5) is 0 Å². The summed E-state index contributed by atoms with van der Waals surface area (Å²) in [5.41, 5.74) is -0.495. The van der Waals surface area contributed by atoms with E-state index in [0.717, 1.165) is 18.9 Å². The Bertz CT molecular complexity index is 340. The van der Waals surface area contributed by atoms with Gasteiger partial charge in [-0.05, 0) is 71.4 Å². The summed E-state index contributed by atoms with van der Waals surface area (Å²) in [6.07, 6.45) is 9.51. The standard InChI is InChI=1S/C17H32N2O2/c1-4-12-19(15-9-10-15)13-6-5-11-17(2,16(20)21-3)18-14-7-8-14/h14-15,18H,4-13H2,1-3H3. The highest BCUT2D eigenvalue weighted by molar-refractivity contribution is 5.80. The molecule has 0 saturated heterocycles. The number of rotatable bonds is 11. The lowest BCUT2D eigenvalue weighted by atomic mass is 9.94. The zero-order valence-electron chi connectivity index (χ0n) is 14.0. The van der Waals surface area contributed by atoms with Gasteiger partial charge in [0, 0.05) is 12.1 Å². The van der Waals surface area contributed by atoms with Crippen molar-refractivity contribution >= 4 is 5.97 Å². The molecule has 1 atom stereocenters. The SMILES string of the molecule is CCCN(CCCCC(C)(NC1CC1)C(=O)OC)C1CC1. The third-order valence-corrected chi connectivity index (χ3v) is 4.68. The Labute approximate surface area is 129 Å². The number of ether oxygens (including phenoxy) is 1. The summed E-state index contributed by atoms with van der Waals surface area (Å²) >= 11 is 0. The summed E-state index contributed by atoms with van der Waals surface area (Å²) < 4.78 is 5.00. The number of carbonyl (C=O) groups is 1. The van der Waals surface area contributed by atoms with Crippen molar-refractivity contribution in [3.63, 3.8) is 0 Å². The van der Waals surface area contributed by atoms with Gasteiger partial charge in [-0.1, -0.05) is 6.92 Å². The van der Waals surface area contributed by atoms with Crippen LogP contribution in [0.25, 0.3) is 0 Å². The fraction of sp³-hybridized carbons (Fsp3) is 0.941. The molecule has 4 heteroatoms. The minimum absolute atomic E-state index is 0.109. The Kier molecular flexibility index (Phi) is 6.06. The van der Waals surface area contributed by atoms with Crippen molar-refractivity contribution < 1.29 is 9.53 Å². The first kappa shape index (κ1) is 16.8. The van der Waals surface area contributed by atoms with E-state index in [0.29, 0.717) is 6.04 Å². The molecular weight excluding hydrogens is 264 g/mol. The van der Waals surface area contributed by atoms with Crippen LogP contribution in [0.1, 0.15) is 65.2 Å². The average molecular weight is 296 g/mol. The quantitative estimate of drug-likeness (QED) is 0.470. The van der Waals surface area contributed by atoms with E-state index in [4.69, 9.17) is 4.74 Å². The van der Waals surface area contributed by atoms with E-state index in [1.807, 2.05) is 6.92 Å².